The summed E-state index contributed by atoms with van der Waals surface area (Å²) in [6.45, 7) is 0.352. The van der Waals surface area contributed by atoms with Gasteiger partial charge in [-0.05, 0) is 11.4 Å². The van der Waals surface area contributed by atoms with E-state index in [1.54, 1.807) is 13.1 Å². The Morgan fingerprint density at radius 3 is 3.10 bits per heavy atom. The Balaban J connectivity index is 2.02. The first kappa shape index (κ1) is 14.7. The van der Waals surface area contributed by atoms with Crippen LogP contribution in [0.3, 0.4) is 0 Å². The van der Waals surface area contributed by atoms with Crippen molar-refractivity contribution in [1.29, 1.82) is 0 Å². The van der Waals surface area contributed by atoms with Crippen molar-refractivity contribution in [3.05, 3.63) is 29.3 Å². The predicted molar refractivity (Wildman–Crippen MR) is 74.7 cm³/mol. The van der Waals surface area contributed by atoms with Crippen LogP contribution in [-0.2, 0) is 4.74 Å². The average molecular weight is 296 g/mol. The van der Waals surface area contributed by atoms with Crippen molar-refractivity contribution in [2.75, 3.05) is 27.3 Å². The highest BCUT2D eigenvalue weighted by atomic mass is 32.1. The number of amides is 1. The highest BCUT2D eigenvalue weighted by Gasteiger charge is 2.20. The van der Waals surface area contributed by atoms with Gasteiger partial charge in [0.25, 0.3) is 5.91 Å². The Bertz CT molecular complexity index is 552. The number of hydrogen-bond acceptors (Lipinski definition) is 6. The molecule has 2 aromatic rings. The highest BCUT2D eigenvalue weighted by molar-refractivity contribution is 7.13. The number of carbonyl (C=O) groups excluding carboxylic acids is 1. The smallest absolute Gasteiger partial charge is 0.275 e. The molecular formula is C13H16N2O4S. The van der Waals surface area contributed by atoms with Gasteiger partial charge in [-0.25, -0.2) is 0 Å². The van der Waals surface area contributed by atoms with Crippen molar-refractivity contribution in [3.8, 4) is 10.6 Å². The molecule has 1 unspecified atom stereocenters. The molecule has 0 radical (unpaired) electrons. The van der Waals surface area contributed by atoms with Crippen molar-refractivity contribution < 1.29 is 19.2 Å². The third-order valence-corrected chi connectivity index (χ3v) is 3.57. The zero-order valence-corrected chi connectivity index (χ0v) is 12.1. The van der Waals surface area contributed by atoms with Crippen LogP contribution in [0.1, 0.15) is 10.5 Å². The van der Waals surface area contributed by atoms with E-state index in [9.17, 15) is 9.90 Å². The molecule has 2 aromatic heterocycles. The quantitative estimate of drug-likeness (QED) is 0.874. The summed E-state index contributed by atoms with van der Waals surface area (Å²) in [5.41, 5.74) is 0.223. The molecule has 0 bridgehead atoms. The normalized spacial score (nSPS) is 12.3. The molecule has 0 saturated carbocycles. The molecule has 0 aliphatic carbocycles. The van der Waals surface area contributed by atoms with Gasteiger partial charge in [0.15, 0.2) is 11.5 Å². The zero-order valence-electron chi connectivity index (χ0n) is 11.3. The monoisotopic (exact) mass is 296 g/mol. The number of aromatic nitrogens is 1. The summed E-state index contributed by atoms with van der Waals surface area (Å²) in [7, 11) is 3.09. The highest BCUT2D eigenvalue weighted by Crippen LogP contribution is 2.25. The molecule has 7 heteroatoms. The summed E-state index contributed by atoms with van der Waals surface area (Å²) >= 11 is 1.51. The van der Waals surface area contributed by atoms with Crippen molar-refractivity contribution in [3.63, 3.8) is 0 Å². The van der Waals surface area contributed by atoms with Crippen molar-refractivity contribution in [2.45, 2.75) is 6.10 Å². The first-order chi connectivity index (χ1) is 9.61. The molecule has 20 heavy (non-hydrogen) atoms. The number of aliphatic hydroxyl groups excluding tert-OH is 1. The molecule has 1 amide bonds. The number of aliphatic hydroxyl groups is 1. The van der Waals surface area contributed by atoms with Crippen LogP contribution in [0.2, 0.25) is 0 Å². The molecule has 6 nitrogen and oxygen atoms in total. The van der Waals surface area contributed by atoms with Crippen molar-refractivity contribution in [2.24, 2.45) is 0 Å². The third kappa shape index (κ3) is 3.44. The van der Waals surface area contributed by atoms with Gasteiger partial charge in [0.05, 0.1) is 17.6 Å². The van der Waals surface area contributed by atoms with Gasteiger partial charge in [-0.15, -0.1) is 11.3 Å². The maximum absolute atomic E-state index is 12.1. The number of thiophene rings is 1. The number of methoxy groups -OCH3 is 1. The third-order valence-electron chi connectivity index (χ3n) is 2.68. The van der Waals surface area contributed by atoms with Gasteiger partial charge in [-0.2, -0.15) is 0 Å². The first-order valence-corrected chi connectivity index (χ1v) is 6.93. The minimum Gasteiger partial charge on any atom is -0.389 e. The first-order valence-electron chi connectivity index (χ1n) is 6.05. The molecule has 1 atom stereocenters. The standard InChI is InChI=1S/C13H16N2O4S/c1-15(7-9(16)8-18-2)13(17)10-6-11(19-14-10)12-4-3-5-20-12/h3-6,9,16H,7-8H2,1-2H3. The van der Waals surface area contributed by atoms with Crippen LogP contribution in [0.5, 0.6) is 0 Å². The molecule has 0 fully saturated rings. The lowest BCUT2D eigenvalue weighted by Gasteiger charge is -2.19. The van der Waals surface area contributed by atoms with E-state index < -0.39 is 6.10 Å². The lowest BCUT2D eigenvalue weighted by atomic mass is 10.3. The fraction of sp³-hybridized carbons (Fsp3) is 0.385. The Kier molecular flexibility index (Phi) is 4.89. The van der Waals surface area contributed by atoms with E-state index >= 15 is 0 Å². The minimum atomic E-state index is -0.724. The lowest BCUT2D eigenvalue weighted by Crippen LogP contribution is -2.36. The molecule has 0 aliphatic heterocycles. The molecule has 2 rings (SSSR count). The molecule has 108 valence electrons. The van der Waals surface area contributed by atoms with Gasteiger partial charge < -0.3 is 19.3 Å². The number of carbonyl (C=O) groups is 1. The van der Waals surface area contributed by atoms with E-state index in [4.69, 9.17) is 9.26 Å². The van der Waals surface area contributed by atoms with Crippen molar-refractivity contribution >= 4 is 17.2 Å². The summed E-state index contributed by atoms with van der Waals surface area (Å²) < 4.78 is 9.98. The number of ether oxygens (including phenoxy) is 1. The Labute approximate surface area is 120 Å². The van der Waals surface area contributed by atoms with Crippen LogP contribution in [0.25, 0.3) is 10.6 Å². The second-order valence-electron chi connectivity index (χ2n) is 4.35. The van der Waals surface area contributed by atoms with E-state index in [0.717, 1.165) is 4.88 Å². The van der Waals surface area contributed by atoms with Gasteiger partial charge in [0.1, 0.15) is 0 Å². The van der Waals surface area contributed by atoms with Gasteiger partial charge >= 0.3 is 0 Å². The molecule has 0 saturated heterocycles. The van der Waals surface area contributed by atoms with Gasteiger partial charge in [-0.3, -0.25) is 4.79 Å². The average Bonchev–Trinajstić information content (AvgIpc) is 3.08. The maximum atomic E-state index is 12.1. The molecular weight excluding hydrogens is 280 g/mol. The number of likely N-dealkylation sites (N-methyl/N-ethyl adjacent to an activating group) is 1. The largest absolute Gasteiger partial charge is 0.389 e. The van der Waals surface area contributed by atoms with Crippen LogP contribution >= 0.6 is 11.3 Å². The fourth-order valence-electron chi connectivity index (χ4n) is 1.75. The van der Waals surface area contributed by atoms with E-state index in [1.165, 1.54) is 23.3 Å². The predicted octanol–water partition coefficient (Wildman–Crippen LogP) is 1.48. The number of nitrogens with zero attached hydrogens (tertiary/aromatic N) is 2. The van der Waals surface area contributed by atoms with Crippen LogP contribution < -0.4 is 0 Å². The summed E-state index contributed by atoms with van der Waals surface area (Å²) in [6.07, 6.45) is -0.724. The van der Waals surface area contributed by atoms with E-state index in [-0.39, 0.29) is 24.8 Å². The Morgan fingerprint density at radius 2 is 2.45 bits per heavy atom. The van der Waals surface area contributed by atoms with Gasteiger partial charge in [0.2, 0.25) is 0 Å². The maximum Gasteiger partial charge on any atom is 0.275 e. The van der Waals surface area contributed by atoms with Crippen LogP contribution in [0, 0.1) is 0 Å². The number of rotatable bonds is 6. The van der Waals surface area contributed by atoms with Gasteiger partial charge in [-0.1, -0.05) is 11.2 Å². The minimum absolute atomic E-state index is 0.174. The SMILES string of the molecule is COCC(O)CN(C)C(=O)c1cc(-c2cccs2)on1. The second kappa shape index (κ2) is 6.65. The molecule has 0 aliphatic rings. The van der Waals surface area contributed by atoms with E-state index in [1.807, 2.05) is 17.5 Å². The Morgan fingerprint density at radius 1 is 1.65 bits per heavy atom. The second-order valence-corrected chi connectivity index (χ2v) is 5.30. The topological polar surface area (TPSA) is 75.8 Å². The van der Waals surface area contributed by atoms with Crippen LogP contribution in [-0.4, -0.2) is 54.5 Å². The van der Waals surface area contributed by atoms with E-state index in [2.05, 4.69) is 5.16 Å². The Hall–Kier alpha value is -1.70. The van der Waals surface area contributed by atoms with Crippen molar-refractivity contribution in [1.82, 2.24) is 10.1 Å². The summed E-state index contributed by atoms with van der Waals surface area (Å²) in [5, 5.41) is 15.3. The molecule has 0 spiro atoms. The molecule has 2 heterocycles. The van der Waals surface area contributed by atoms with Crippen LogP contribution in [0.4, 0.5) is 0 Å². The van der Waals surface area contributed by atoms with Crippen LogP contribution in [0.15, 0.2) is 28.1 Å². The number of hydrogen-bond donors (Lipinski definition) is 1. The van der Waals surface area contributed by atoms with E-state index in [0.29, 0.717) is 5.76 Å². The summed E-state index contributed by atoms with van der Waals surface area (Å²) in [5.74, 6) is 0.265. The molecule has 1 N–H and O–H groups in total. The van der Waals surface area contributed by atoms with Gasteiger partial charge in [0, 0.05) is 26.8 Å². The fourth-order valence-corrected chi connectivity index (χ4v) is 2.42. The summed E-state index contributed by atoms with van der Waals surface area (Å²) in [6, 6.07) is 5.40. The zero-order chi connectivity index (χ0) is 14.5. The lowest BCUT2D eigenvalue weighted by molar-refractivity contribution is 0.0376. The molecule has 0 aromatic carbocycles. The summed E-state index contributed by atoms with van der Waals surface area (Å²) in [4.78, 5) is 14.4.